The van der Waals surface area contributed by atoms with Crippen molar-refractivity contribution < 1.29 is 14.1 Å². The molecule has 26 heavy (non-hydrogen) atoms. The van der Waals surface area contributed by atoms with Crippen LogP contribution in [0.4, 0.5) is 10.1 Å². The minimum atomic E-state index is -0.459. The van der Waals surface area contributed by atoms with Crippen molar-refractivity contribution in [1.82, 2.24) is 4.90 Å². The van der Waals surface area contributed by atoms with Crippen LogP contribution in [0.15, 0.2) is 54.6 Å². The molecule has 0 aliphatic rings. The lowest BCUT2D eigenvalue weighted by Crippen LogP contribution is -2.20. The Morgan fingerprint density at radius 2 is 1.62 bits per heavy atom. The summed E-state index contributed by atoms with van der Waals surface area (Å²) in [7, 11) is 3.34. The Labute approximate surface area is 153 Å². The number of nitro benzene ring substituents is 1. The summed E-state index contributed by atoms with van der Waals surface area (Å²) in [5, 5.41) is 10.9. The first-order valence-corrected chi connectivity index (χ1v) is 8.54. The maximum Gasteiger partial charge on any atom is 0.269 e. The fraction of sp³-hybridized carbons (Fsp3) is 0.105. The van der Waals surface area contributed by atoms with E-state index in [-0.39, 0.29) is 17.4 Å². The molecular formula is C19H15FN2O3S. The van der Waals surface area contributed by atoms with Gasteiger partial charge in [-0.05, 0) is 41.5 Å². The molecule has 0 fully saturated rings. The van der Waals surface area contributed by atoms with Crippen LogP contribution in [0, 0.1) is 15.9 Å². The second kappa shape index (κ2) is 7.05. The molecule has 0 aliphatic carbocycles. The number of hydrogen-bond donors (Lipinski definition) is 0. The van der Waals surface area contributed by atoms with E-state index in [1.165, 1.54) is 40.5 Å². The summed E-state index contributed by atoms with van der Waals surface area (Å²) >= 11 is 1.31. The van der Waals surface area contributed by atoms with Gasteiger partial charge in [0.15, 0.2) is 0 Å². The van der Waals surface area contributed by atoms with Crippen LogP contribution in [0.5, 0.6) is 0 Å². The van der Waals surface area contributed by atoms with E-state index in [9.17, 15) is 19.3 Å². The van der Waals surface area contributed by atoms with E-state index in [0.29, 0.717) is 4.88 Å². The van der Waals surface area contributed by atoms with E-state index in [1.807, 2.05) is 0 Å². The van der Waals surface area contributed by atoms with Crippen molar-refractivity contribution in [2.45, 2.75) is 0 Å². The Morgan fingerprint density at radius 3 is 2.15 bits per heavy atom. The molecule has 1 aromatic heterocycles. The number of benzene rings is 2. The van der Waals surface area contributed by atoms with Crippen LogP contribution in [-0.4, -0.2) is 29.8 Å². The molecule has 0 spiro atoms. The Balaban J connectivity index is 2.14. The number of non-ortho nitro benzene ring substituents is 1. The largest absolute Gasteiger partial charge is 0.344 e. The van der Waals surface area contributed by atoms with E-state index in [4.69, 9.17) is 0 Å². The molecule has 0 unspecified atom stereocenters. The number of halogens is 1. The first kappa shape index (κ1) is 17.8. The van der Waals surface area contributed by atoms with Gasteiger partial charge in [0.25, 0.3) is 11.6 Å². The molecule has 1 amide bonds. The standard InChI is InChI=1S/C19H15FN2O3S/c1-21(2)19(23)17-11-16(12-5-9-15(10-6-12)22(24)25)18(26-17)13-3-7-14(20)8-4-13/h3-11H,1-2H3. The molecule has 0 aliphatic heterocycles. The molecule has 7 heteroatoms. The number of rotatable bonds is 4. The van der Waals surface area contributed by atoms with Gasteiger partial charge in [-0.1, -0.05) is 12.1 Å². The maximum absolute atomic E-state index is 13.3. The number of hydrogen-bond acceptors (Lipinski definition) is 4. The SMILES string of the molecule is CN(C)C(=O)c1cc(-c2ccc([N+](=O)[O-])cc2)c(-c2ccc(F)cc2)s1. The number of carbonyl (C=O) groups is 1. The van der Waals surface area contributed by atoms with E-state index in [0.717, 1.165) is 21.6 Å². The van der Waals surface area contributed by atoms with E-state index >= 15 is 0 Å². The molecule has 0 radical (unpaired) electrons. The molecule has 5 nitrogen and oxygen atoms in total. The van der Waals surface area contributed by atoms with Gasteiger partial charge in [-0.2, -0.15) is 0 Å². The van der Waals surface area contributed by atoms with Gasteiger partial charge < -0.3 is 4.90 Å². The first-order chi connectivity index (χ1) is 12.4. The highest BCUT2D eigenvalue weighted by molar-refractivity contribution is 7.18. The van der Waals surface area contributed by atoms with Crippen molar-refractivity contribution in [3.63, 3.8) is 0 Å². The second-order valence-corrected chi connectivity index (χ2v) is 6.92. The molecule has 1 heterocycles. The molecule has 0 saturated heterocycles. The average Bonchev–Trinajstić information content (AvgIpc) is 3.07. The third-order valence-corrected chi connectivity index (χ3v) is 5.02. The normalized spacial score (nSPS) is 10.6. The minimum Gasteiger partial charge on any atom is -0.344 e. The Hall–Kier alpha value is -3.06. The highest BCUT2D eigenvalue weighted by Gasteiger charge is 2.19. The molecular weight excluding hydrogens is 355 g/mol. The van der Waals surface area contributed by atoms with Crippen LogP contribution in [0.3, 0.4) is 0 Å². The van der Waals surface area contributed by atoms with Gasteiger partial charge in [-0.3, -0.25) is 14.9 Å². The fourth-order valence-corrected chi connectivity index (χ4v) is 3.72. The molecule has 0 saturated carbocycles. The van der Waals surface area contributed by atoms with Crippen molar-refractivity contribution in [3.8, 4) is 21.6 Å². The number of thiophene rings is 1. The van der Waals surface area contributed by atoms with Crippen molar-refractivity contribution in [2.24, 2.45) is 0 Å². The van der Waals surface area contributed by atoms with Crippen LogP contribution in [-0.2, 0) is 0 Å². The Morgan fingerprint density at radius 1 is 1.04 bits per heavy atom. The summed E-state index contributed by atoms with van der Waals surface area (Å²) in [6.45, 7) is 0. The molecule has 132 valence electrons. The zero-order valence-corrected chi connectivity index (χ0v) is 14.9. The Bertz CT molecular complexity index is 963. The lowest BCUT2D eigenvalue weighted by Gasteiger charge is -2.07. The summed E-state index contributed by atoms with van der Waals surface area (Å²) in [6, 6.07) is 14.0. The smallest absolute Gasteiger partial charge is 0.269 e. The molecule has 0 bridgehead atoms. The summed E-state index contributed by atoms with van der Waals surface area (Å²) in [6.07, 6.45) is 0. The van der Waals surface area contributed by atoms with Crippen LogP contribution >= 0.6 is 11.3 Å². The number of amides is 1. The van der Waals surface area contributed by atoms with Crippen molar-refractivity contribution in [2.75, 3.05) is 14.1 Å². The van der Waals surface area contributed by atoms with Gasteiger partial charge in [0, 0.05) is 36.7 Å². The van der Waals surface area contributed by atoms with E-state index < -0.39 is 4.92 Å². The van der Waals surface area contributed by atoms with Gasteiger partial charge in [0.2, 0.25) is 0 Å². The maximum atomic E-state index is 13.3. The predicted molar refractivity (Wildman–Crippen MR) is 99.8 cm³/mol. The molecule has 3 aromatic rings. The monoisotopic (exact) mass is 370 g/mol. The van der Waals surface area contributed by atoms with Gasteiger partial charge in [-0.25, -0.2) is 4.39 Å². The number of nitrogens with zero attached hydrogens (tertiary/aromatic N) is 2. The topological polar surface area (TPSA) is 63.5 Å². The lowest BCUT2D eigenvalue weighted by molar-refractivity contribution is -0.384. The minimum absolute atomic E-state index is 0.00287. The number of nitro groups is 1. The second-order valence-electron chi connectivity index (χ2n) is 5.86. The quantitative estimate of drug-likeness (QED) is 0.488. The molecule has 3 rings (SSSR count). The first-order valence-electron chi connectivity index (χ1n) is 7.73. The lowest BCUT2D eigenvalue weighted by atomic mass is 10.0. The highest BCUT2D eigenvalue weighted by Crippen LogP contribution is 2.40. The zero-order chi connectivity index (χ0) is 18.8. The number of carbonyl (C=O) groups excluding carboxylic acids is 1. The van der Waals surface area contributed by atoms with E-state index in [2.05, 4.69) is 0 Å². The average molecular weight is 370 g/mol. The fourth-order valence-electron chi connectivity index (χ4n) is 2.51. The third kappa shape index (κ3) is 3.48. The van der Waals surface area contributed by atoms with Crippen LogP contribution in [0.1, 0.15) is 9.67 Å². The highest BCUT2D eigenvalue weighted by atomic mass is 32.1. The van der Waals surface area contributed by atoms with Gasteiger partial charge in [0.05, 0.1) is 9.80 Å². The summed E-state index contributed by atoms with van der Waals surface area (Å²) < 4.78 is 13.3. The third-order valence-electron chi connectivity index (χ3n) is 3.84. The zero-order valence-electron chi connectivity index (χ0n) is 14.1. The predicted octanol–water partition coefficient (Wildman–Crippen LogP) is 4.83. The van der Waals surface area contributed by atoms with E-state index in [1.54, 1.807) is 44.4 Å². The summed E-state index contributed by atoms with van der Waals surface area (Å²) in [5.74, 6) is -0.474. The van der Waals surface area contributed by atoms with Crippen molar-refractivity contribution >= 4 is 22.9 Å². The molecule has 0 atom stereocenters. The van der Waals surface area contributed by atoms with Gasteiger partial charge in [-0.15, -0.1) is 11.3 Å². The summed E-state index contributed by atoms with van der Waals surface area (Å²) in [4.78, 5) is 25.6. The van der Waals surface area contributed by atoms with Gasteiger partial charge in [0.1, 0.15) is 5.82 Å². The van der Waals surface area contributed by atoms with Crippen LogP contribution in [0.2, 0.25) is 0 Å². The molecule has 0 N–H and O–H groups in total. The summed E-state index contributed by atoms with van der Waals surface area (Å²) in [5.41, 5.74) is 2.31. The Kier molecular flexibility index (Phi) is 4.81. The van der Waals surface area contributed by atoms with Crippen molar-refractivity contribution in [1.29, 1.82) is 0 Å². The van der Waals surface area contributed by atoms with Gasteiger partial charge >= 0.3 is 0 Å². The molecule has 2 aromatic carbocycles. The van der Waals surface area contributed by atoms with Crippen LogP contribution in [0.25, 0.3) is 21.6 Å². The van der Waals surface area contributed by atoms with Crippen LogP contribution < -0.4 is 0 Å². The van der Waals surface area contributed by atoms with Crippen molar-refractivity contribution in [3.05, 3.63) is 75.4 Å².